The highest BCUT2D eigenvalue weighted by Gasteiger charge is 2.49. The van der Waals surface area contributed by atoms with Crippen LogP contribution in [0.1, 0.15) is 60.8 Å². The molecule has 1 N–H and O–H groups in total. The highest BCUT2D eigenvalue weighted by molar-refractivity contribution is 5.06. The van der Waals surface area contributed by atoms with E-state index in [-0.39, 0.29) is 5.60 Å². The number of piperazine rings is 1. The first-order chi connectivity index (χ1) is 9.58. The van der Waals surface area contributed by atoms with Crippen LogP contribution >= 0.6 is 0 Å². The maximum Gasteiger partial charge on any atom is 0.0634 e. The van der Waals surface area contributed by atoms with Crippen LogP contribution < -0.4 is 5.32 Å². The van der Waals surface area contributed by atoms with E-state index in [2.05, 4.69) is 51.8 Å². The van der Waals surface area contributed by atoms with E-state index < -0.39 is 0 Å². The second-order valence-electron chi connectivity index (χ2n) is 9.09. The molecule has 3 heteroatoms. The molecule has 1 aliphatic heterocycles. The van der Waals surface area contributed by atoms with Gasteiger partial charge in [0.15, 0.2) is 0 Å². The SMILES string of the molecule is COC(C)(C)CCN1CC(C(C)(C)C)NCC1(C)C1CC1. The maximum absolute atomic E-state index is 5.62. The molecular weight excluding hydrogens is 260 g/mol. The predicted molar refractivity (Wildman–Crippen MR) is 89.7 cm³/mol. The summed E-state index contributed by atoms with van der Waals surface area (Å²) in [4.78, 5) is 2.76. The number of methoxy groups -OCH3 is 1. The van der Waals surface area contributed by atoms with Crippen molar-refractivity contribution in [3.8, 4) is 0 Å². The number of nitrogens with zero attached hydrogens (tertiary/aromatic N) is 1. The number of hydrogen-bond donors (Lipinski definition) is 1. The third-order valence-corrected chi connectivity index (χ3v) is 5.87. The molecule has 1 saturated carbocycles. The minimum absolute atomic E-state index is 0.0213. The summed E-state index contributed by atoms with van der Waals surface area (Å²) in [5.74, 6) is 0.886. The van der Waals surface area contributed by atoms with Gasteiger partial charge < -0.3 is 10.1 Å². The molecule has 124 valence electrons. The van der Waals surface area contributed by atoms with Crippen LogP contribution in [0.3, 0.4) is 0 Å². The summed E-state index contributed by atoms with van der Waals surface area (Å²) >= 11 is 0. The lowest BCUT2D eigenvalue weighted by molar-refractivity contribution is -0.0284. The average Bonchev–Trinajstić information content (AvgIpc) is 3.21. The van der Waals surface area contributed by atoms with E-state index in [1.54, 1.807) is 0 Å². The van der Waals surface area contributed by atoms with E-state index in [0.717, 1.165) is 32.0 Å². The summed E-state index contributed by atoms with van der Waals surface area (Å²) in [6.45, 7) is 17.3. The first kappa shape index (κ1) is 17.2. The smallest absolute Gasteiger partial charge is 0.0634 e. The molecule has 2 rings (SSSR count). The number of rotatable bonds is 5. The first-order valence-corrected chi connectivity index (χ1v) is 8.62. The van der Waals surface area contributed by atoms with E-state index in [0.29, 0.717) is 17.0 Å². The van der Waals surface area contributed by atoms with E-state index >= 15 is 0 Å². The molecule has 0 bridgehead atoms. The summed E-state index contributed by atoms with van der Waals surface area (Å²) in [5.41, 5.74) is 0.637. The van der Waals surface area contributed by atoms with E-state index in [4.69, 9.17) is 4.74 Å². The van der Waals surface area contributed by atoms with Crippen molar-refractivity contribution in [3.05, 3.63) is 0 Å². The Morgan fingerprint density at radius 3 is 2.29 bits per heavy atom. The fraction of sp³-hybridized carbons (Fsp3) is 1.00. The zero-order chi connectivity index (χ0) is 15.9. The maximum atomic E-state index is 5.62. The van der Waals surface area contributed by atoms with Gasteiger partial charge in [0, 0.05) is 38.3 Å². The summed E-state index contributed by atoms with van der Waals surface area (Å²) < 4.78 is 5.62. The Kier molecular flexibility index (Phi) is 4.78. The number of hydrogen-bond acceptors (Lipinski definition) is 3. The predicted octanol–water partition coefficient (Wildman–Crippen LogP) is 3.29. The van der Waals surface area contributed by atoms with Crippen LogP contribution in [-0.4, -0.2) is 48.8 Å². The van der Waals surface area contributed by atoms with Crippen LogP contribution in [0.4, 0.5) is 0 Å². The molecule has 2 atom stereocenters. The van der Waals surface area contributed by atoms with E-state index in [1.807, 2.05) is 7.11 Å². The van der Waals surface area contributed by atoms with Gasteiger partial charge in [-0.1, -0.05) is 20.8 Å². The number of nitrogens with one attached hydrogen (secondary N) is 1. The molecule has 0 aromatic carbocycles. The minimum atomic E-state index is -0.0213. The lowest BCUT2D eigenvalue weighted by atomic mass is 9.80. The van der Waals surface area contributed by atoms with Gasteiger partial charge in [-0.15, -0.1) is 0 Å². The molecule has 0 aromatic heterocycles. The molecule has 0 spiro atoms. The van der Waals surface area contributed by atoms with Crippen molar-refractivity contribution in [2.24, 2.45) is 11.3 Å². The summed E-state index contributed by atoms with van der Waals surface area (Å²) in [6, 6.07) is 0.579. The third kappa shape index (κ3) is 4.00. The summed E-state index contributed by atoms with van der Waals surface area (Å²) in [7, 11) is 1.83. The van der Waals surface area contributed by atoms with Crippen LogP contribution in [-0.2, 0) is 4.74 Å². The quantitative estimate of drug-likeness (QED) is 0.842. The molecule has 0 radical (unpaired) electrons. The topological polar surface area (TPSA) is 24.5 Å². The third-order valence-electron chi connectivity index (χ3n) is 5.87. The van der Waals surface area contributed by atoms with Gasteiger partial charge >= 0.3 is 0 Å². The Morgan fingerprint density at radius 2 is 1.81 bits per heavy atom. The first-order valence-electron chi connectivity index (χ1n) is 8.62. The Bertz CT molecular complexity index is 357. The molecule has 0 aromatic rings. The standard InChI is InChI=1S/C18H36N2O/c1-16(2,3)15-12-20(11-10-17(4,5)21-7)18(6,13-19-15)14-8-9-14/h14-15,19H,8-13H2,1-7H3. The molecule has 1 heterocycles. The van der Waals surface area contributed by atoms with Crippen LogP contribution in [0.5, 0.6) is 0 Å². The molecule has 21 heavy (non-hydrogen) atoms. The lowest BCUT2D eigenvalue weighted by Crippen LogP contribution is -2.67. The van der Waals surface area contributed by atoms with Gasteiger partial charge in [0.1, 0.15) is 0 Å². The molecule has 0 amide bonds. The summed E-state index contributed by atoms with van der Waals surface area (Å²) in [5, 5.41) is 3.84. The summed E-state index contributed by atoms with van der Waals surface area (Å²) in [6.07, 6.45) is 3.91. The second-order valence-corrected chi connectivity index (χ2v) is 9.09. The fourth-order valence-corrected chi connectivity index (χ4v) is 3.48. The van der Waals surface area contributed by atoms with Gasteiger partial charge in [0.25, 0.3) is 0 Å². The average molecular weight is 296 g/mol. The molecule has 2 fully saturated rings. The van der Waals surface area contributed by atoms with Gasteiger partial charge in [0.05, 0.1) is 5.60 Å². The normalized spacial score (nSPS) is 32.4. The van der Waals surface area contributed by atoms with Crippen LogP contribution in [0, 0.1) is 11.3 Å². The van der Waals surface area contributed by atoms with Crippen molar-refractivity contribution < 1.29 is 4.74 Å². The highest BCUT2D eigenvalue weighted by Crippen LogP contribution is 2.45. The van der Waals surface area contributed by atoms with Crippen molar-refractivity contribution >= 4 is 0 Å². The lowest BCUT2D eigenvalue weighted by Gasteiger charge is -2.52. The van der Waals surface area contributed by atoms with Crippen molar-refractivity contribution in [2.75, 3.05) is 26.7 Å². The van der Waals surface area contributed by atoms with Gasteiger partial charge in [-0.25, -0.2) is 0 Å². The Labute approximate surface area is 131 Å². The van der Waals surface area contributed by atoms with Crippen LogP contribution in [0.25, 0.3) is 0 Å². The van der Waals surface area contributed by atoms with Gasteiger partial charge in [-0.05, 0) is 51.4 Å². The van der Waals surface area contributed by atoms with Crippen LogP contribution in [0.15, 0.2) is 0 Å². The van der Waals surface area contributed by atoms with E-state index in [1.165, 1.54) is 12.8 Å². The second kappa shape index (κ2) is 5.82. The van der Waals surface area contributed by atoms with Crippen molar-refractivity contribution in [3.63, 3.8) is 0 Å². The van der Waals surface area contributed by atoms with Crippen molar-refractivity contribution in [1.29, 1.82) is 0 Å². The zero-order valence-electron chi connectivity index (χ0n) is 15.3. The Hall–Kier alpha value is -0.120. The Morgan fingerprint density at radius 1 is 1.19 bits per heavy atom. The fourth-order valence-electron chi connectivity index (χ4n) is 3.48. The Balaban J connectivity index is 2.06. The monoisotopic (exact) mass is 296 g/mol. The molecule has 1 saturated heterocycles. The van der Waals surface area contributed by atoms with Crippen LogP contribution in [0.2, 0.25) is 0 Å². The zero-order valence-corrected chi connectivity index (χ0v) is 15.3. The molecule has 2 aliphatic rings. The van der Waals surface area contributed by atoms with Crippen molar-refractivity contribution in [2.45, 2.75) is 78.0 Å². The van der Waals surface area contributed by atoms with E-state index in [9.17, 15) is 0 Å². The van der Waals surface area contributed by atoms with Gasteiger partial charge in [0.2, 0.25) is 0 Å². The van der Waals surface area contributed by atoms with Gasteiger partial charge in [-0.3, -0.25) is 4.90 Å². The molecular formula is C18H36N2O. The highest BCUT2D eigenvalue weighted by atomic mass is 16.5. The molecule has 3 nitrogen and oxygen atoms in total. The minimum Gasteiger partial charge on any atom is -0.379 e. The van der Waals surface area contributed by atoms with Gasteiger partial charge in [-0.2, -0.15) is 0 Å². The largest absolute Gasteiger partial charge is 0.379 e. The molecule has 1 aliphatic carbocycles. The number of ether oxygens (including phenoxy) is 1. The van der Waals surface area contributed by atoms with Crippen molar-refractivity contribution in [1.82, 2.24) is 10.2 Å². The molecule has 2 unspecified atom stereocenters.